The van der Waals surface area contributed by atoms with Gasteiger partial charge in [-0.25, -0.2) is 14.4 Å². The van der Waals surface area contributed by atoms with Crippen molar-refractivity contribution in [2.75, 3.05) is 7.11 Å². The van der Waals surface area contributed by atoms with E-state index in [-0.39, 0.29) is 17.1 Å². The molecule has 6 heteroatoms. The Labute approximate surface area is 109 Å². The van der Waals surface area contributed by atoms with Gasteiger partial charge in [0.15, 0.2) is 0 Å². The number of hydrogen-bond acceptors (Lipinski definition) is 4. The summed E-state index contributed by atoms with van der Waals surface area (Å²) in [7, 11) is 1.33. The molecule has 1 aromatic carbocycles. The van der Waals surface area contributed by atoms with Crippen molar-refractivity contribution in [2.24, 2.45) is 0 Å². The van der Waals surface area contributed by atoms with Gasteiger partial charge in [-0.05, 0) is 31.2 Å². The minimum absolute atomic E-state index is 0.0833. The van der Waals surface area contributed by atoms with Gasteiger partial charge in [-0.15, -0.1) is 0 Å². The maximum atomic E-state index is 10.3. The van der Waals surface area contributed by atoms with E-state index < -0.39 is 11.9 Å². The van der Waals surface area contributed by atoms with Crippen molar-refractivity contribution in [3.8, 4) is 0 Å². The Morgan fingerprint density at radius 3 is 1.42 bits per heavy atom. The number of benzene rings is 1. The van der Waals surface area contributed by atoms with E-state index in [1.165, 1.54) is 31.4 Å². The predicted molar refractivity (Wildman–Crippen MR) is 67.2 cm³/mol. The van der Waals surface area contributed by atoms with Gasteiger partial charge in [0.1, 0.15) is 0 Å². The summed E-state index contributed by atoms with van der Waals surface area (Å²) in [5, 5.41) is 16.9. The minimum atomic E-state index is -1.06. The van der Waals surface area contributed by atoms with Crippen LogP contribution in [0.1, 0.15) is 27.6 Å². The third-order valence-corrected chi connectivity index (χ3v) is 1.91. The van der Waals surface area contributed by atoms with Gasteiger partial charge >= 0.3 is 17.9 Å². The third-order valence-electron chi connectivity index (χ3n) is 1.91. The molecule has 0 aliphatic carbocycles. The van der Waals surface area contributed by atoms with E-state index in [0.29, 0.717) is 5.57 Å². The van der Waals surface area contributed by atoms with Crippen molar-refractivity contribution < 1.29 is 29.3 Å². The number of esters is 1. The first kappa shape index (κ1) is 16.4. The topological polar surface area (TPSA) is 101 Å². The summed E-state index contributed by atoms with van der Waals surface area (Å²) in [5.41, 5.74) is 0.600. The van der Waals surface area contributed by atoms with Crippen LogP contribution in [0, 0.1) is 0 Å². The summed E-state index contributed by atoms with van der Waals surface area (Å²) in [4.78, 5) is 30.9. The molecule has 0 unspecified atom stereocenters. The van der Waals surface area contributed by atoms with Crippen LogP contribution < -0.4 is 0 Å². The van der Waals surface area contributed by atoms with E-state index >= 15 is 0 Å². The zero-order valence-electron chi connectivity index (χ0n) is 10.5. The zero-order valence-corrected chi connectivity index (χ0v) is 10.5. The van der Waals surface area contributed by atoms with Gasteiger partial charge in [-0.3, -0.25) is 0 Å². The molecule has 1 rings (SSSR count). The molecule has 102 valence electrons. The number of hydrogen-bond donors (Lipinski definition) is 2. The van der Waals surface area contributed by atoms with Crippen LogP contribution in [0.2, 0.25) is 0 Å². The van der Waals surface area contributed by atoms with Gasteiger partial charge in [0, 0.05) is 5.57 Å². The second-order valence-corrected chi connectivity index (χ2v) is 3.46. The quantitative estimate of drug-likeness (QED) is 0.639. The highest BCUT2D eigenvalue weighted by atomic mass is 16.5. The SMILES string of the molecule is C=C(C)C(=O)OC.O=C(O)c1ccc(C(=O)O)cc1. The molecule has 0 aromatic heterocycles. The standard InChI is InChI=1S/C8H6O4.C5H8O2/c9-7(10)5-1-2-6(4-3-5)8(11)12;1-4(2)5(6)7-3/h1-4H,(H,9,10)(H,11,12);1H2,2-3H3. The molecule has 0 saturated carbocycles. The number of carbonyl (C=O) groups excluding carboxylic acids is 1. The molecule has 0 fully saturated rings. The average Bonchev–Trinajstić information content (AvgIpc) is 2.38. The smallest absolute Gasteiger partial charge is 0.335 e. The molecule has 0 radical (unpaired) electrons. The number of rotatable bonds is 3. The molecule has 0 aliphatic rings. The summed E-state index contributed by atoms with van der Waals surface area (Å²) >= 11 is 0. The van der Waals surface area contributed by atoms with Gasteiger partial charge in [0.05, 0.1) is 18.2 Å². The monoisotopic (exact) mass is 266 g/mol. The lowest BCUT2D eigenvalue weighted by molar-refractivity contribution is -0.136. The number of carboxylic acid groups (broad SMARTS) is 2. The lowest BCUT2D eigenvalue weighted by atomic mass is 10.1. The Bertz CT molecular complexity index is 453. The first-order chi connectivity index (χ1) is 8.79. The number of aromatic carboxylic acids is 2. The van der Waals surface area contributed by atoms with E-state index in [0.717, 1.165) is 0 Å². The number of methoxy groups -OCH3 is 1. The van der Waals surface area contributed by atoms with Crippen molar-refractivity contribution in [1.29, 1.82) is 0 Å². The van der Waals surface area contributed by atoms with Gasteiger partial charge in [0.25, 0.3) is 0 Å². The van der Waals surface area contributed by atoms with Gasteiger partial charge in [-0.1, -0.05) is 6.58 Å². The van der Waals surface area contributed by atoms with Gasteiger partial charge < -0.3 is 14.9 Å². The normalized spacial score (nSPS) is 8.74. The highest BCUT2D eigenvalue weighted by Crippen LogP contribution is 2.03. The van der Waals surface area contributed by atoms with Crippen molar-refractivity contribution in [2.45, 2.75) is 6.92 Å². The molecule has 6 nitrogen and oxygen atoms in total. The van der Waals surface area contributed by atoms with E-state index in [1.807, 2.05) is 0 Å². The molecule has 0 aliphatic heterocycles. The van der Waals surface area contributed by atoms with Crippen LogP contribution >= 0.6 is 0 Å². The maximum absolute atomic E-state index is 10.3. The Hall–Kier alpha value is -2.63. The summed E-state index contributed by atoms with van der Waals surface area (Å²) in [6.07, 6.45) is 0. The molecule has 0 saturated heterocycles. The van der Waals surface area contributed by atoms with E-state index in [4.69, 9.17) is 10.2 Å². The maximum Gasteiger partial charge on any atom is 0.335 e. The molecule has 0 amide bonds. The van der Waals surface area contributed by atoms with E-state index in [1.54, 1.807) is 6.92 Å². The molecular formula is C13H14O6. The summed E-state index contributed by atoms with van der Waals surface area (Å²) in [6, 6.07) is 5.02. The summed E-state index contributed by atoms with van der Waals surface area (Å²) in [6.45, 7) is 4.95. The Morgan fingerprint density at radius 2 is 1.32 bits per heavy atom. The lowest BCUT2D eigenvalue weighted by Crippen LogP contribution is -1.99. The van der Waals surface area contributed by atoms with Crippen molar-refractivity contribution in [3.63, 3.8) is 0 Å². The highest BCUT2D eigenvalue weighted by molar-refractivity contribution is 5.91. The van der Waals surface area contributed by atoms with Crippen LogP contribution in [0.5, 0.6) is 0 Å². The molecular weight excluding hydrogens is 252 g/mol. The average molecular weight is 266 g/mol. The van der Waals surface area contributed by atoms with Crippen LogP contribution in [-0.2, 0) is 9.53 Å². The van der Waals surface area contributed by atoms with Gasteiger partial charge in [0.2, 0.25) is 0 Å². The third kappa shape index (κ3) is 6.02. The van der Waals surface area contributed by atoms with Gasteiger partial charge in [-0.2, -0.15) is 0 Å². The molecule has 2 N–H and O–H groups in total. The first-order valence-corrected chi connectivity index (χ1v) is 5.10. The van der Waals surface area contributed by atoms with Crippen LogP contribution in [0.3, 0.4) is 0 Å². The van der Waals surface area contributed by atoms with Crippen LogP contribution in [0.15, 0.2) is 36.4 Å². The van der Waals surface area contributed by atoms with Crippen LogP contribution in [0.4, 0.5) is 0 Å². The van der Waals surface area contributed by atoms with Crippen LogP contribution in [-0.4, -0.2) is 35.2 Å². The highest BCUT2D eigenvalue weighted by Gasteiger charge is 2.04. The van der Waals surface area contributed by atoms with Crippen molar-refractivity contribution >= 4 is 17.9 Å². The molecule has 0 bridgehead atoms. The fourth-order valence-corrected chi connectivity index (χ4v) is 0.930. The Balaban J connectivity index is 0.000000399. The molecule has 19 heavy (non-hydrogen) atoms. The fraction of sp³-hybridized carbons (Fsp3) is 0.154. The molecule has 0 atom stereocenters. The molecule has 0 spiro atoms. The number of carbonyl (C=O) groups is 3. The summed E-state index contributed by atoms with van der Waals surface area (Å²) < 4.78 is 4.27. The molecule has 0 heterocycles. The van der Waals surface area contributed by atoms with Crippen molar-refractivity contribution in [1.82, 2.24) is 0 Å². The Kier molecular flexibility index (Phi) is 6.59. The fourth-order valence-electron chi connectivity index (χ4n) is 0.930. The second kappa shape index (κ2) is 7.65. The van der Waals surface area contributed by atoms with Crippen molar-refractivity contribution in [3.05, 3.63) is 47.5 Å². The zero-order chi connectivity index (χ0) is 15.0. The summed E-state index contributed by atoms with van der Waals surface area (Å²) in [5.74, 6) is -2.47. The molecule has 1 aromatic rings. The second-order valence-electron chi connectivity index (χ2n) is 3.46. The number of carboxylic acids is 2. The van der Waals surface area contributed by atoms with E-state index in [9.17, 15) is 14.4 Å². The largest absolute Gasteiger partial charge is 0.478 e. The van der Waals surface area contributed by atoms with Crippen LogP contribution in [0.25, 0.3) is 0 Å². The minimum Gasteiger partial charge on any atom is -0.478 e. The lowest BCUT2D eigenvalue weighted by Gasteiger charge is -1.94. The Morgan fingerprint density at radius 1 is 1.00 bits per heavy atom. The first-order valence-electron chi connectivity index (χ1n) is 5.10. The predicted octanol–water partition coefficient (Wildman–Crippen LogP) is 1.82. The van der Waals surface area contributed by atoms with E-state index in [2.05, 4.69) is 11.3 Å². The number of ether oxygens (including phenoxy) is 1.